The minimum absolute atomic E-state index is 0.0996. The van der Waals surface area contributed by atoms with Crippen LogP contribution in [0.15, 0.2) is 90.4 Å². The maximum Gasteiger partial charge on any atom is 0.177 e. The lowest BCUT2D eigenvalue weighted by molar-refractivity contribution is 0.0986. The number of carbonyl (C=O) groups excluding carboxylic acids is 2. The Balaban J connectivity index is 1.11. The molecule has 39 heavy (non-hydrogen) atoms. The van der Waals surface area contributed by atoms with Gasteiger partial charge in [-0.1, -0.05) is 48.5 Å². The van der Waals surface area contributed by atoms with E-state index in [4.69, 9.17) is 0 Å². The number of carbonyl (C=O) groups is 2. The third-order valence-electron chi connectivity index (χ3n) is 7.74. The van der Waals surface area contributed by atoms with Gasteiger partial charge < -0.3 is 5.11 Å². The van der Waals surface area contributed by atoms with Crippen LogP contribution in [0.3, 0.4) is 0 Å². The van der Waals surface area contributed by atoms with Gasteiger partial charge in [-0.15, -0.1) is 11.3 Å². The SMILES string of the molecule is O=C(Cc1ccc(-n2ncc3cc(CC(=O)c4cccs4)ccc32)cc1)c1ccc(C2CCC(O)CC2)cc1. The van der Waals surface area contributed by atoms with E-state index >= 15 is 0 Å². The maximum absolute atomic E-state index is 12.9. The molecule has 0 amide bonds. The van der Waals surface area contributed by atoms with Crippen LogP contribution in [0, 0.1) is 0 Å². The van der Waals surface area contributed by atoms with Crippen molar-refractivity contribution in [3.05, 3.63) is 118 Å². The topological polar surface area (TPSA) is 72.2 Å². The molecule has 0 aliphatic heterocycles. The Hall–Kier alpha value is -3.87. The average Bonchev–Trinajstić information content (AvgIpc) is 3.65. The van der Waals surface area contributed by atoms with Crippen LogP contribution in [0.2, 0.25) is 0 Å². The molecule has 196 valence electrons. The van der Waals surface area contributed by atoms with Gasteiger partial charge in [0.15, 0.2) is 11.6 Å². The highest BCUT2D eigenvalue weighted by molar-refractivity contribution is 7.12. The molecular weight excluding hydrogens is 504 g/mol. The van der Waals surface area contributed by atoms with Crippen LogP contribution in [0.5, 0.6) is 0 Å². The van der Waals surface area contributed by atoms with Crippen molar-refractivity contribution in [2.75, 3.05) is 0 Å². The molecule has 1 aliphatic carbocycles. The Morgan fingerprint density at radius 1 is 0.846 bits per heavy atom. The summed E-state index contributed by atoms with van der Waals surface area (Å²) in [7, 11) is 0. The minimum Gasteiger partial charge on any atom is -0.393 e. The molecule has 3 aromatic carbocycles. The van der Waals surface area contributed by atoms with E-state index in [9.17, 15) is 14.7 Å². The van der Waals surface area contributed by atoms with Crippen molar-refractivity contribution in [1.29, 1.82) is 0 Å². The molecule has 2 aromatic heterocycles. The lowest BCUT2D eigenvalue weighted by atomic mass is 9.82. The normalized spacial score (nSPS) is 17.4. The molecule has 1 N–H and O–H groups in total. The molecular formula is C33H30N2O3S. The van der Waals surface area contributed by atoms with Crippen LogP contribution < -0.4 is 0 Å². The smallest absolute Gasteiger partial charge is 0.177 e. The van der Waals surface area contributed by atoms with Crippen molar-refractivity contribution in [3.63, 3.8) is 0 Å². The molecule has 0 saturated heterocycles. The summed E-state index contributed by atoms with van der Waals surface area (Å²) in [5.41, 5.74) is 5.81. The van der Waals surface area contributed by atoms with Crippen LogP contribution in [0.4, 0.5) is 0 Å². The van der Waals surface area contributed by atoms with Crippen LogP contribution in [-0.4, -0.2) is 32.6 Å². The van der Waals surface area contributed by atoms with Crippen molar-refractivity contribution < 1.29 is 14.7 Å². The number of hydrogen-bond donors (Lipinski definition) is 1. The van der Waals surface area contributed by atoms with E-state index < -0.39 is 0 Å². The van der Waals surface area contributed by atoms with Gasteiger partial charge in [0, 0.05) is 23.8 Å². The van der Waals surface area contributed by atoms with Crippen molar-refractivity contribution in [2.24, 2.45) is 0 Å². The Labute approximate surface area is 231 Å². The Kier molecular flexibility index (Phi) is 7.22. The van der Waals surface area contributed by atoms with Gasteiger partial charge in [-0.05, 0) is 84.0 Å². The van der Waals surface area contributed by atoms with E-state index in [0.717, 1.165) is 63.8 Å². The average molecular weight is 535 g/mol. The number of aromatic nitrogens is 2. The highest BCUT2D eigenvalue weighted by Crippen LogP contribution is 2.33. The number of Topliss-reactive ketones (excluding diaryl/α,β-unsaturated/α-hetero) is 2. The molecule has 6 rings (SSSR count). The Bertz CT molecular complexity index is 1590. The fourth-order valence-corrected chi connectivity index (χ4v) is 6.17. The molecule has 0 unspecified atom stereocenters. The highest BCUT2D eigenvalue weighted by atomic mass is 32.1. The molecule has 1 fully saturated rings. The Morgan fingerprint density at radius 3 is 2.28 bits per heavy atom. The van der Waals surface area contributed by atoms with Gasteiger partial charge in [0.05, 0.1) is 28.4 Å². The summed E-state index contributed by atoms with van der Waals surface area (Å²) in [6.07, 6.45) is 6.10. The van der Waals surface area contributed by atoms with E-state index in [0.29, 0.717) is 18.8 Å². The summed E-state index contributed by atoms with van der Waals surface area (Å²) in [6, 6.07) is 25.8. The second kappa shape index (κ2) is 11.1. The number of benzene rings is 3. The van der Waals surface area contributed by atoms with Crippen LogP contribution >= 0.6 is 11.3 Å². The molecule has 1 saturated carbocycles. The first kappa shape index (κ1) is 25.4. The molecule has 5 nitrogen and oxygen atoms in total. The zero-order valence-corrected chi connectivity index (χ0v) is 22.4. The first-order valence-corrected chi connectivity index (χ1v) is 14.4. The summed E-state index contributed by atoms with van der Waals surface area (Å²) >= 11 is 1.47. The Morgan fingerprint density at radius 2 is 1.56 bits per heavy atom. The van der Waals surface area contributed by atoms with Crippen LogP contribution in [0.25, 0.3) is 16.6 Å². The van der Waals surface area contributed by atoms with Crippen LogP contribution in [0.1, 0.15) is 68.3 Å². The van der Waals surface area contributed by atoms with Crippen molar-refractivity contribution in [2.45, 2.75) is 50.5 Å². The third kappa shape index (κ3) is 5.63. The fourth-order valence-electron chi connectivity index (χ4n) is 5.50. The van der Waals surface area contributed by atoms with Gasteiger partial charge in [0.1, 0.15) is 0 Å². The monoisotopic (exact) mass is 534 g/mol. The van der Waals surface area contributed by atoms with Gasteiger partial charge in [0.25, 0.3) is 0 Å². The zero-order valence-electron chi connectivity index (χ0n) is 21.6. The number of hydrogen-bond acceptors (Lipinski definition) is 5. The molecule has 0 bridgehead atoms. The first-order chi connectivity index (χ1) is 19.0. The summed E-state index contributed by atoms with van der Waals surface area (Å²) < 4.78 is 1.88. The minimum atomic E-state index is -0.160. The number of nitrogens with zero attached hydrogens (tertiary/aromatic N) is 2. The van der Waals surface area contributed by atoms with Gasteiger partial charge in [0.2, 0.25) is 0 Å². The lowest BCUT2D eigenvalue weighted by Gasteiger charge is -2.25. The van der Waals surface area contributed by atoms with Crippen LogP contribution in [-0.2, 0) is 12.8 Å². The number of fused-ring (bicyclic) bond motifs is 1. The summed E-state index contributed by atoms with van der Waals surface area (Å²) in [6.45, 7) is 0. The van der Waals surface area contributed by atoms with Crippen molar-refractivity contribution >= 4 is 33.8 Å². The predicted molar refractivity (Wildman–Crippen MR) is 155 cm³/mol. The highest BCUT2D eigenvalue weighted by Gasteiger charge is 2.21. The van der Waals surface area contributed by atoms with Crippen molar-refractivity contribution in [3.8, 4) is 5.69 Å². The molecule has 2 heterocycles. The van der Waals surface area contributed by atoms with E-state index in [2.05, 4.69) is 17.2 Å². The molecule has 6 heteroatoms. The summed E-state index contributed by atoms with van der Waals surface area (Å²) in [5.74, 6) is 0.703. The van der Waals surface area contributed by atoms with Gasteiger partial charge in [-0.2, -0.15) is 5.10 Å². The lowest BCUT2D eigenvalue weighted by Crippen LogP contribution is -2.17. The number of thiophene rings is 1. The largest absolute Gasteiger partial charge is 0.393 e. The summed E-state index contributed by atoms with van der Waals surface area (Å²) in [4.78, 5) is 26.2. The van der Waals surface area contributed by atoms with E-state index in [1.54, 1.807) is 0 Å². The molecule has 0 radical (unpaired) electrons. The quantitative estimate of drug-likeness (QED) is 0.219. The van der Waals surface area contributed by atoms with E-state index in [1.807, 2.05) is 83.0 Å². The predicted octanol–water partition coefficient (Wildman–Crippen LogP) is 6.96. The molecule has 0 spiro atoms. The molecule has 5 aromatic rings. The van der Waals surface area contributed by atoms with Gasteiger partial charge in [-0.3, -0.25) is 9.59 Å². The number of aliphatic hydroxyl groups excluding tert-OH is 1. The zero-order chi connectivity index (χ0) is 26.8. The van der Waals surface area contributed by atoms with Gasteiger partial charge in [-0.25, -0.2) is 4.68 Å². The fraction of sp³-hybridized carbons (Fsp3) is 0.242. The summed E-state index contributed by atoms with van der Waals surface area (Å²) in [5, 5.41) is 17.2. The van der Waals surface area contributed by atoms with E-state index in [-0.39, 0.29) is 17.7 Å². The van der Waals surface area contributed by atoms with Gasteiger partial charge >= 0.3 is 0 Å². The number of ketones is 2. The maximum atomic E-state index is 12.9. The third-order valence-corrected chi connectivity index (χ3v) is 8.65. The van der Waals surface area contributed by atoms with Crippen molar-refractivity contribution in [1.82, 2.24) is 9.78 Å². The van der Waals surface area contributed by atoms with E-state index in [1.165, 1.54) is 16.9 Å². The first-order valence-electron chi connectivity index (χ1n) is 13.5. The number of aliphatic hydroxyl groups is 1. The second-order valence-electron chi connectivity index (χ2n) is 10.4. The molecule has 1 aliphatic rings. The molecule has 0 atom stereocenters. The standard InChI is InChI=1S/C33H30N2O3S/c36-29-14-10-25(11-15-29)24-6-8-26(9-7-24)31(37)19-22-3-12-28(13-4-22)35-30-16-5-23(18-27(30)21-34-35)20-32(38)33-2-1-17-39-33/h1-9,12-13,16-18,21,25,29,36H,10-11,14-15,19-20H2. The second-order valence-corrected chi connectivity index (χ2v) is 11.4. The number of rotatable bonds is 8.